The Morgan fingerprint density at radius 3 is 2.15 bits per heavy atom. The fourth-order valence-electron chi connectivity index (χ4n) is 1.10. The third-order valence-corrected chi connectivity index (χ3v) is 2.88. The Labute approximate surface area is 80.0 Å². The molecule has 0 radical (unpaired) electrons. The summed E-state index contributed by atoms with van der Waals surface area (Å²) in [6.45, 7) is 2.13. The summed E-state index contributed by atoms with van der Waals surface area (Å²) in [4.78, 5) is 0. The Balaban J connectivity index is 3.26. The van der Waals surface area contributed by atoms with E-state index < -0.39 is 10.1 Å². The minimum Gasteiger partial charge on any atom is -0.235 e. The molecule has 0 amide bonds. The molecule has 0 aliphatic rings. The van der Waals surface area contributed by atoms with Crippen molar-refractivity contribution in [3.63, 3.8) is 0 Å². The van der Waals surface area contributed by atoms with E-state index in [1.165, 1.54) is 12.8 Å². The average molecular weight is 210 g/mol. The molecule has 0 aliphatic carbocycles. The predicted octanol–water partition coefficient (Wildman–Crippen LogP) is 2.17. The van der Waals surface area contributed by atoms with Crippen molar-refractivity contribution in [3.05, 3.63) is 0 Å². The van der Waals surface area contributed by atoms with Crippen LogP contribution in [0.3, 0.4) is 0 Å². The molecule has 1 N–H and O–H groups in total. The molecule has 0 unspecified atom stereocenters. The lowest BCUT2D eigenvalue weighted by molar-refractivity contribution is -0.130. The van der Waals surface area contributed by atoms with Gasteiger partial charge in [0.05, 0.1) is 5.75 Å². The summed E-state index contributed by atoms with van der Waals surface area (Å²) in [5.74, 6) is -0.0877. The van der Waals surface area contributed by atoms with E-state index in [0.717, 1.165) is 19.3 Å². The van der Waals surface area contributed by atoms with Gasteiger partial charge in [0, 0.05) is 0 Å². The van der Waals surface area contributed by atoms with Gasteiger partial charge in [-0.05, 0) is 6.42 Å². The first-order valence-corrected chi connectivity index (χ1v) is 6.26. The molecule has 0 aromatic carbocycles. The van der Waals surface area contributed by atoms with E-state index in [1.807, 2.05) is 0 Å². The maximum absolute atomic E-state index is 10.6. The fourth-order valence-corrected chi connectivity index (χ4v) is 1.73. The number of hydrogen-bond donors (Lipinski definition) is 1. The highest BCUT2D eigenvalue weighted by Gasteiger charge is 2.08. The minimum absolute atomic E-state index is 0.0877. The third-order valence-electron chi connectivity index (χ3n) is 1.86. The van der Waals surface area contributed by atoms with Gasteiger partial charge in [0.1, 0.15) is 0 Å². The van der Waals surface area contributed by atoms with Gasteiger partial charge in [-0.15, -0.1) is 4.33 Å². The first-order chi connectivity index (χ1) is 6.12. The lowest BCUT2D eigenvalue weighted by atomic mass is 10.1. The smallest absolute Gasteiger partial charge is 0.235 e. The van der Waals surface area contributed by atoms with Gasteiger partial charge in [-0.1, -0.05) is 39.0 Å². The van der Waals surface area contributed by atoms with Crippen molar-refractivity contribution < 1.29 is 18.0 Å². The zero-order valence-electron chi connectivity index (χ0n) is 8.03. The molecule has 0 saturated heterocycles. The summed E-state index contributed by atoms with van der Waals surface area (Å²) in [6, 6.07) is 0. The predicted molar refractivity (Wildman–Crippen MR) is 50.9 cm³/mol. The molecular weight excluding hydrogens is 192 g/mol. The minimum atomic E-state index is -3.66. The topological polar surface area (TPSA) is 63.6 Å². The molecule has 0 aromatic heterocycles. The van der Waals surface area contributed by atoms with Gasteiger partial charge >= 0.3 is 0 Å². The Hall–Kier alpha value is -0.130. The van der Waals surface area contributed by atoms with Crippen molar-refractivity contribution in [3.8, 4) is 0 Å². The number of hydrogen-bond acceptors (Lipinski definition) is 4. The average Bonchev–Trinajstić information content (AvgIpc) is 2.11. The molecule has 0 saturated carbocycles. The Morgan fingerprint density at radius 1 is 1.08 bits per heavy atom. The molecule has 0 aliphatic heterocycles. The molecule has 0 aromatic rings. The van der Waals surface area contributed by atoms with Crippen molar-refractivity contribution in [2.75, 3.05) is 5.75 Å². The molecular formula is C8H18O4S. The molecule has 0 atom stereocenters. The van der Waals surface area contributed by atoms with Gasteiger partial charge in [-0.3, -0.25) is 0 Å². The zero-order valence-corrected chi connectivity index (χ0v) is 8.85. The molecule has 0 heterocycles. The van der Waals surface area contributed by atoms with E-state index in [9.17, 15) is 8.42 Å². The second kappa shape index (κ2) is 7.29. The summed E-state index contributed by atoms with van der Waals surface area (Å²) in [5, 5.41) is 7.95. The van der Waals surface area contributed by atoms with Crippen LogP contribution in [0, 0.1) is 0 Å². The van der Waals surface area contributed by atoms with Crippen LogP contribution in [0.4, 0.5) is 0 Å². The van der Waals surface area contributed by atoms with E-state index in [-0.39, 0.29) is 5.75 Å². The van der Waals surface area contributed by atoms with Crippen LogP contribution in [0.15, 0.2) is 0 Å². The van der Waals surface area contributed by atoms with Crippen molar-refractivity contribution in [2.45, 2.75) is 45.4 Å². The van der Waals surface area contributed by atoms with E-state index >= 15 is 0 Å². The Kier molecular flexibility index (Phi) is 7.22. The van der Waals surface area contributed by atoms with E-state index in [0.29, 0.717) is 6.42 Å². The monoisotopic (exact) mass is 210 g/mol. The third kappa shape index (κ3) is 8.21. The standard InChI is InChI=1S/C8H18O4S/c1-2-3-4-5-6-7-8-13(10,11)12-9/h9H,2-8H2,1H3. The maximum atomic E-state index is 10.6. The van der Waals surface area contributed by atoms with Crippen molar-refractivity contribution >= 4 is 10.1 Å². The summed E-state index contributed by atoms with van der Waals surface area (Å²) in [5.41, 5.74) is 0. The van der Waals surface area contributed by atoms with E-state index in [4.69, 9.17) is 5.26 Å². The summed E-state index contributed by atoms with van der Waals surface area (Å²) in [7, 11) is -3.66. The number of unbranched alkanes of at least 4 members (excludes halogenated alkanes) is 5. The van der Waals surface area contributed by atoms with Crippen LogP contribution < -0.4 is 0 Å². The normalized spacial score (nSPS) is 11.8. The fraction of sp³-hybridized carbons (Fsp3) is 1.00. The zero-order chi connectivity index (χ0) is 10.2. The Bertz CT molecular complexity index is 198. The lowest BCUT2D eigenvalue weighted by Gasteiger charge is -1.99. The summed E-state index contributed by atoms with van der Waals surface area (Å²) < 4.78 is 24.6. The largest absolute Gasteiger partial charge is 0.293 e. The molecule has 0 fully saturated rings. The number of rotatable bonds is 8. The Morgan fingerprint density at radius 2 is 1.62 bits per heavy atom. The van der Waals surface area contributed by atoms with Gasteiger partial charge in [-0.25, -0.2) is 5.26 Å². The highest BCUT2D eigenvalue weighted by molar-refractivity contribution is 7.86. The lowest BCUT2D eigenvalue weighted by Crippen LogP contribution is -2.07. The highest BCUT2D eigenvalue weighted by Crippen LogP contribution is 2.06. The van der Waals surface area contributed by atoms with Crippen LogP contribution in [0.25, 0.3) is 0 Å². The van der Waals surface area contributed by atoms with Crippen LogP contribution in [-0.4, -0.2) is 19.4 Å². The van der Waals surface area contributed by atoms with Gasteiger partial charge in [0.25, 0.3) is 10.1 Å². The van der Waals surface area contributed by atoms with Crippen LogP contribution in [0.2, 0.25) is 0 Å². The van der Waals surface area contributed by atoms with Crippen LogP contribution in [-0.2, 0) is 14.5 Å². The molecule has 4 nitrogen and oxygen atoms in total. The van der Waals surface area contributed by atoms with Crippen LogP contribution in [0.5, 0.6) is 0 Å². The molecule has 80 valence electrons. The van der Waals surface area contributed by atoms with Gasteiger partial charge in [-0.2, -0.15) is 8.42 Å². The van der Waals surface area contributed by atoms with Crippen molar-refractivity contribution in [1.29, 1.82) is 0 Å². The second-order valence-electron chi connectivity index (χ2n) is 3.10. The van der Waals surface area contributed by atoms with Gasteiger partial charge in [0.2, 0.25) is 0 Å². The van der Waals surface area contributed by atoms with Gasteiger partial charge in [0.15, 0.2) is 0 Å². The van der Waals surface area contributed by atoms with Crippen molar-refractivity contribution in [2.24, 2.45) is 0 Å². The molecule has 13 heavy (non-hydrogen) atoms. The molecule has 0 bridgehead atoms. The second-order valence-corrected chi connectivity index (χ2v) is 4.78. The van der Waals surface area contributed by atoms with Gasteiger partial charge < -0.3 is 0 Å². The molecule has 5 heteroatoms. The molecule has 0 spiro atoms. The van der Waals surface area contributed by atoms with E-state index in [2.05, 4.69) is 11.3 Å². The summed E-state index contributed by atoms with van der Waals surface area (Å²) >= 11 is 0. The maximum Gasteiger partial charge on any atom is 0.293 e. The SMILES string of the molecule is CCCCCCCCS(=O)(=O)OO. The van der Waals surface area contributed by atoms with Crippen LogP contribution >= 0.6 is 0 Å². The quantitative estimate of drug-likeness (QED) is 0.379. The van der Waals surface area contributed by atoms with Crippen LogP contribution in [0.1, 0.15) is 45.4 Å². The highest BCUT2D eigenvalue weighted by atomic mass is 32.2. The van der Waals surface area contributed by atoms with E-state index in [1.54, 1.807) is 0 Å². The van der Waals surface area contributed by atoms with Crippen molar-refractivity contribution in [1.82, 2.24) is 0 Å². The molecule has 0 rings (SSSR count). The summed E-state index contributed by atoms with van der Waals surface area (Å²) in [6.07, 6.45) is 6.02. The first kappa shape index (κ1) is 12.9. The first-order valence-electron chi connectivity index (χ1n) is 4.68.